The van der Waals surface area contributed by atoms with E-state index in [1.165, 1.54) is 25.1 Å². The van der Waals surface area contributed by atoms with Gasteiger partial charge in [0.05, 0.1) is 6.61 Å². The van der Waals surface area contributed by atoms with Crippen LogP contribution in [-0.4, -0.2) is 43.7 Å². The second-order valence-electron chi connectivity index (χ2n) is 6.24. The van der Waals surface area contributed by atoms with E-state index in [2.05, 4.69) is 48.3 Å². The lowest BCUT2D eigenvalue weighted by atomic mass is 9.92. The molecule has 1 N–H and O–H groups in total. The van der Waals surface area contributed by atoms with E-state index in [1.807, 2.05) is 0 Å². The van der Waals surface area contributed by atoms with Gasteiger partial charge in [0.15, 0.2) is 0 Å². The third-order valence-corrected chi connectivity index (χ3v) is 4.73. The maximum atomic E-state index is 5.80. The van der Waals surface area contributed by atoms with Gasteiger partial charge >= 0.3 is 0 Å². The molecule has 0 bridgehead atoms. The number of ether oxygens (including phenoxy) is 1. The topological polar surface area (TPSA) is 24.5 Å². The molecule has 20 heavy (non-hydrogen) atoms. The number of likely N-dealkylation sites (tertiary alicyclic amines) is 1. The van der Waals surface area contributed by atoms with Gasteiger partial charge in [0, 0.05) is 30.6 Å². The average Bonchev–Trinajstić information content (AvgIpc) is 2.86. The molecule has 3 unspecified atom stereocenters. The minimum atomic E-state index is 0.550. The first kappa shape index (κ1) is 13.9. The molecule has 0 aliphatic carbocycles. The number of nitrogens with zero attached hydrogens (tertiary/aromatic N) is 1. The van der Waals surface area contributed by atoms with Crippen molar-refractivity contribution in [1.29, 1.82) is 0 Å². The van der Waals surface area contributed by atoms with Gasteiger partial charge in [-0.15, -0.1) is 0 Å². The molecular formula is C17H26N2O. The van der Waals surface area contributed by atoms with Gasteiger partial charge < -0.3 is 15.0 Å². The SMILES string of the molecule is CCNC1CCN(CC2COc3ccccc32)CC1C. The first-order chi connectivity index (χ1) is 9.78. The number of hydrogen-bond acceptors (Lipinski definition) is 3. The van der Waals surface area contributed by atoms with Crippen molar-refractivity contribution in [3.8, 4) is 5.75 Å². The van der Waals surface area contributed by atoms with Gasteiger partial charge in [0.1, 0.15) is 5.75 Å². The molecule has 0 spiro atoms. The molecule has 0 saturated carbocycles. The van der Waals surface area contributed by atoms with Crippen LogP contribution in [-0.2, 0) is 0 Å². The van der Waals surface area contributed by atoms with Crippen LogP contribution in [0.5, 0.6) is 5.75 Å². The maximum absolute atomic E-state index is 5.80. The molecule has 1 saturated heterocycles. The Morgan fingerprint density at radius 2 is 2.20 bits per heavy atom. The van der Waals surface area contributed by atoms with E-state index in [9.17, 15) is 0 Å². The van der Waals surface area contributed by atoms with Gasteiger partial charge in [-0.1, -0.05) is 32.0 Å². The Kier molecular flexibility index (Phi) is 4.27. The number of para-hydroxylation sites is 1. The molecule has 0 aromatic heterocycles. The van der Waals surface area contributed by atoms with Crippen LogP contribution in [0.15, 0.2) is 24.3 Å². The quantitative estimate of drug-likeness (QED) is 0.913. The van der Waals surface area contributed by atoms with Crippen molar-refractivity contribution in [2.75, 3.05) is 32.8 Å². The highest BCUT2D eigenvalue weighted by atomic mass is 16.5. The molecule has 2 aliphatic rings. The van der Waals surface area contributed by atoms with Crippen LogP contribution >= 0.6 is 0 Å². The van der Waals surface area contributed by atoms with Crippen LogP contribution in [0, 0.1) is 5.92 Å². The van der Waals surface area contributed by atoms with Gasteiger partial charge in [0.25, 0.3) is 0 Å². The highest BCUT2D eigenvalue weighted by Gasteiger charge is 2.30. The van der Waals surface area contributed by atoms with Crippen molar-refractivity contribution >= 4 is 0 Å². The zero-order valence-electron chi connectivity index (χ0n) is 12.6. The van der Waals surface area contributed by atoms with Crippen molar-refractivity contribution in [2.24, 2.45) is 5.92 Å². The average molecular weight is 274 g/mol. The van der Waals surface area contributed by atoms with E-state index in [1.54, 1.807) is 0 Å². The zero-order valence-corrected chi connectivity index (χ0v) is 12.6. The van der Waals surface area contributed by atoms with E-state index in [0.29, 0.717) is 12.0 Å². The molecule has 0 radical (unpaired) electrons. The van der Waals surface area contributed by atoms with E-state index in [-0.39, 0.29) is 0 Å². The molecule has 1 fully saturated rings. The van der Waals surface area contributed by atoms with Crippen LogP contribution in [0.25, 0.3) is 0 Å². The second-order valence-corrected chi connectivity index (χ2v) is 6.24. The summed E-state index contributed by atoms with van der Waals surface area (Å²) in [5.41, 5.74) is 1.40. The molecule has 1 aromatic carbocycles. The smallest absolute Gasteiger partial charge is 0.122 e. The van der Waals surface area contributed by atoms with Crippen LogP contribution in [0.2, 0.25) is 0 Å². The molecule has 3 rings (SSSR count). The Hall–Kier alpha value is -1.06. The van der Waals surface area contributed by atoms with Crippen molar-refractivity contribution in [3.05, 3.63) is 29.8 Å². The highest BCUT2D eigenvalue weighted by molar-refractivity contribution is 5.39. The molecule has 3 heteroatoms. The van der Waals surface area contributed by atoms with Gasteiger partial charge in [-0.3, -0.25) is 0 Å². The minimum Gasteiger partial charge on any atom is -0.493 e. The minimum absolute atomic E-state index is 0.550. The normalized spacial score (nSPS) is 30.0. The van der Waals surface area contributed by atoms with E-state index in [4.69, 9.17) is 4.74 Å². The predicted octanol–water partition coefficient (Wildman–Crippen LogP) is 2.48. The fraction of sp³-hybridized carbons (Fsp3) is 0.647. The molecule has 2 aliphatic heterocycles. The van der Waals surface area contributed by atoms with Crippen LogP contribution in [0.1, 0.15) is 31.7 Å². The number of fused-ring (bicyclic) bond motifs is 1. The summed E-state index contributed by atoms with van der Waals surface area (Å²) >= 11 is 0. The number of benzene rings is 1. The molecule has 3 atom stereocenters. The van der Waals surface area contributed by atoms with Crippen LogP contribution in [0.3, 0.4) is 0 Å². The Morgan fingerprint density at radius 3 is 3.00 bits per heavy atom. The van der Waals surface area contributed by atoms with Gasteiger partial charge in [-0.25, -0.2) is 0 Å². The Bertz CT molecular complexity index is 448. The van der Waals surface area contributed by atoms with Crippen molar-refractivity contribution in [1.82, 2.24) is 10.2 Å². The summed E-state index contributed by atoms with van der Waals surface area (Å²) in [6, 6.07) is 9.20. The standard InChI is InChI=1S/C17H26N2O/c1-3-18-16-8-9-19(10-13(16)2)11-14-12-20-17-7-5-4-6-15(14)17/h4-7,13-14,16,18H,3,8-12H2,1-2H3. The Labute approximate surface area is 122 Å². The summed E-state index contributed by atoms with van der Waals surface area (Å²) in [7, 11) is 0. The fourth-order valence-corrected chi connectivity index (χ4v) is 3.66. The number of piperidine rings is 1. The van der Waals surface area contributed by atoms with Crippen molar-refractivity contribution < 1.29 is 4.74 Å². The monoisotopic (exact) mass is 274 g/mol. The molecule has 0 amide bonds. The molecule has 2 heterocycles. The zero-order chi connectivity index (χ0) is 13.9. The first-order valence-corrected chi connectivity index (χ1v) is 7.95. The van der Waals surface area contributed by atoms with E-state index < -0.39 is 0 Å². The summed E-state index contributed by atoms with van der Waals surface area (Å²) < 4.78 is 5.80. The molecular weight excluding hydrogens is 248 g/mol. The lowest BCUT2D eigenvalue weighted by Crippen LogP contribution is -2.49. The summed E-state index contributed by atoms with van der Waals surface area (Å²) in [6.07, 6.45) is 1.27. The lowest BCUT2D eigenvalue weighted by Gasteiger charge is -2.38. The van der Waals surface area contributed by atoms with E-state index >= 15 is 0 Å². The first-order valence-electron chi connectivity index (χ1n) is 7.95. The Balaban J connectivity index is 1.58. The molecule has 3 nitrogen and oxygen atoms in total. The lowest BCUT2D eigenvalue weighted by molar-refractivity contribution is 0.136. The second kappa shape index (κ2) is 6.15. The summed E-state index contributed by atoms with van der Waals surface area (Å²) in [5, 5.41) is 3.61. The van der Waals surface area contributed by atoms with Crippen molar-refractivity contribution in [2.45, 2.75) is 32.2 Å². The third kappa shape index (κ3) is 2.84. The largest absolute Gasteiger partial charge is 0.493 e. The van der Waals surface area contributed by atoms with Gasteiger partial charge in [-0.05, 0) is 31.5 Å². The summed E-state index contributed by atoms with van der Waals surface area (Å²) in [5.74, 6) is 2.38. The van der Waals surface area contributed by atoms with Crippen LogP contribution < -0.4 is 10.1 Å². The molecule has 110 valence electrons. The number of rotatable bonds is 4. The third-order valence-electron chi connectivity index (χ3n) is 4.73. The Morgan fingerprint density at radius 1 is 1.35 bits per heavy atom. The summed E-state index contributed by atoms with van der Waals surface area (Å²) in [6.45, 7) is 10.1. The van der Waals surface area contributed by atoms with Gasteiger partial charge in [0.2, 0.25) is 0 Å². The summed E-state index contributed by atoms with van der Waals surface area (Å²) in [4.78, 5) is 2.62. The van der Waals surface area contributed by atoms with Gasteiger partial charge in [-0.2, -0.15) is 0 Å². The van der Waals surface area contributed by atoms with Crippen molar-refractivity contribution in [3.63, 3.8) is 0 Å². The number of hydrogen-bond donors (Lipinski definition) is 1. The fourth-order valence-electron chi connectivity index (χ4n) is 3.66. The number of nitrogens with one attached hydrogen (secondary N) is 1. The predicted molar refractivity (Wildman–Crippen MR) is 82.4 cm³/mol. The van der Waals surface area contributed by atoms with E-state index in [0.717, 1.165) is 31.4 Å². The maximum Gasteiger partial charge on any atom is 0.122 e. The molecule has 1 aromatic rings. The van der Waals surface area contributed by atoms with Crippen LogP contribution in [0.4, 0.5) is 0 Å². The highest BCUT2D eigenvalue weighted by Crippen LogP contribution is 2.34.